The molecule has 0 spiro atoms. The van der Waals surface area contributed by atoms with Gasteiger partial charge in [0.25, 0.3) is 5.91 Å². The van der Waals surface area contributed by atoms with Crippen LogP contribution in [0.3, 0.4) is 0 Å². The second-order valence-corrected chi connectivity index (χ2v) is 13.9. The third-order valence-corrected chi connectivity index (χ3v) is 9.89. The van der Waals surface area contributed by atoms with Crippen molar-refractivity contribution < 1.29 is 19.5 Å². The normalized spacial score (nSPS) is 25.0. The summed E-state index contributed by atoms with van der Waals surface area (Å²) < 4.78 is 0. The van der Waals surface area contributed by atoms with E-state index in [1.807, 2.05) is 25.1 Å². The molecule has 0 radical (unpaired) electrons. The second kappa shape index (κ2) is 15.2. The molecule has 0 aromatic heterocycles. The quantitative estimate of drug-likeness (QED) is 0.115. The summed E-state index contributed by atoms with van der Waals surface area (Å²) in [6.45, 7) is 4.36. The van der Waals surface area contributed by atoms with Crippen LogP contribution in [0.4, 0.5) is 0 Å². The molecule has 2 unspecified atom stereocenters. The zero-order valence-corrected chi connectivity index (χ0v) is 27.6. The van der Waals surface area contributed by atoms with Crippen LogP contribution in [0.1, 0.15) is 64.4 Å². The van der Waals surface area contributed by atoms with E-state index >= 15 is 0 Å². The minimum atomic E-state index is -0.769. The van der Waals surface area contributed by atoms with Crippen LogP contribution >= 0.6 is 0 Å². The monoisotopic (exact) mass is 642 g/mol. The molecule has 3 aliphatic carbocycles. The number of β-amino-alcohol motifs (C(OH)–C–C–N with tert-alkyl or cyclic N) is 1. The van der Waals surface area contributed by atoms with Crippen molar-refractivity contribution in [2.45, 2.75) is 89.4 Å². The van der Waals surface area contributed by atoms with Crippen molar-refractivity contribution in [3.63, 3.8) is 0 Å². The van der Waals surface area contributed by atoms with Gasteiger partial charge in [-0.15, -0.1) is 0 Å². The number of rotatable bonds is 10. The van der Waals surface area contributed by atoms with Crippen molar-refractivity contribution in [3.05, 3.63) is 83.2 Å². The summed E-state index contributed by atoms with van der Waals surface area (Å²) in [5.41, 5.74) is 17.1. The molecule has 3 amide bonds. The molecule has 2 bridgehead atoms. The van der Waals surface area contributed by atoms with E-state index in [4.69, 9.17) is 16.4 Å². The van der Waals surface area contributed by atoms with Gasteiger partial charge in [0.2, 0.25) is 12.3 Å². The molecule has 2 aromatic rings. The van der Waals surface area contributed by atoms with E-state index < -0.39 is 18.2 Å². The number of nitrogens with zero attached hydrogens (tertiary/aromatic N) is 2. The number of amides is 3. The van der Waals surface area contributed by atoms with Gasteiger partial charge in [-0.2, -0.15) is 0 Å². The minimum Gasteiger partial charge on any atom is -0.401 e. The fourth-order valence-electron chi connectivity index (χ4n) is 7.66. The maximum atomic E-state index is 14.4. The molecule has 10 nitrogen and oxygen atoms in total. The fraction of sp³-hybridized carbons (Fsp3) is 0.486. The molecule has 252 valence electrons. The van der Waals surface area contributed by atoms with Gasteiger partial charge < -0.3 is 26.8 Å². The van der Waals surface area contributed by atoms with Gasteiger partial charge in [-0.25, -0.2) is 5.84 Å². The highest BCUT2D eigenvalue weighted by molar-refractivity contribution is 5.92. The maximum Gasteiger partial charge on any atom is 0.251 e. The Morgan fingerprint density at radius 3 is 2.36 bits per heavy atom. The molecule has 4 aliphatic rings. The van der Waals surface area contributed by atoms with Crippen molar-refractivity contribution >= 4 is 18.2 Å². The lowest BCUT2D eigenvalue weighted by molar-refractivity contribution is -0.141. The van der Waals surface area contributed by atoms with E-state index in [0.29, 0.717) is 29.9 Å². The molecule has 6 rings (SSSR count). The first-order chi connectivity index (χ1) is 22.6. The highest BCUT2D eigenvalue weighted by atomic mass is 16.3. The van der Waals surface area contributed by atoms with Crippen LogP contribution in [-0.2, 0) is 20.8 Å². The van der Waals surface area contributed by atoms with Crippen molar-refractivity contribution in [1.29, 1.82) is 0 Å². The lowest BCUT2D eigenvalue weighted by Gasteiger charge is -2.34. The van der Waals surface area contributed by atoms with Gasteiger partial charge in [0.15, 0.2) is 0 Å². The summed E-state index contributed by atoms with van der Waals surface area (Å²) >= 11 is 0. The van der Waals surface area contributed by atoms with Gasteiger partial charge >= 0.3 is 0 Å². The van der Waals surface area contributed by atoms with Gasteiger partial charge in [0.05, 0.1) is 6.10 Å². The number of benzene rings is 2. The van der Waals surface area contributed by atoms with Crippen LogP contribution in [0.2, 0.25) is 0 Å². The maximum absolute atomic E-state index is 14.4. The van der Waals surface area contributed by atoms with E-state index in [9.17, 15) is 14.7 Å². The summed E-state index contributed by atoms with van der Waals surface area (Å²) in [6.07, 6.45) is 8.13. The number of aliphatic hydroxyl groups is 1. The molecule has 47 heavy (non-hydrogen) atoms. The number of fused-ring (bicyclic) bond motifs is 2. The number of allylic oxidation sites excluding steroid dienone is 2. The number of likely N-dealkylation sites (tertiary alicyclic amines) is 1. The van der Waals surface area contributed by atoms with Crippen molar-refractivity contribution in [2.75, 3.05) is 6.54 Å². The number of nitrogens with two attached hydrogens (primary N) is 3. The molecule has 1 saturated heterocycles. The molecule has 1 aliphatic heterocycles. The zero-order chi connectivity index (χ0) is 33.7. The number of aliphatic hydroxyl groups excluding tert-OH is 1. The number of hydrazine groups is 1. The van der Waals surface area contributed by atoms with E-state index in [2.05, 4.69) is 54.4 Å². The first-order valence-corrected chi connectivity index (χ1v) is 16.9. The van der Waals surface area contributed by atoms with Gasteiger partial charge in [-0.1, -0.05) is 67.1 Å². The summed E-state index contributed by atoms with van der Waals surface area (Å²) in [6, 6.07) is 17.0. The lowest BCUT2D eigenvalue weighted by Crippen LogP contribution is -2.55. The standard InChI is InChI=1S/C36H47N5O3.CH3NO/c1-22-14-25-17-29(15-22)31(18-25)34(41(38)21-32(37)28-12-13-28)36(44)40-20-30(42)19-33(40)35(43)39-23(2)16-24-8-10-27(11-9-24)26-6-4-3-5-7-26;2-1-3/h3-11,21-23,25,28,30,33-34,42H,12-20,37-38H2,1-2H3,(H,39,43);1H,(H2,2,3)/b32-21-;/t22?,23-,25?,30+,33-,34-;/m0./s1. The van der Waals surface area contributed by atoms with Crippen LogP contribution in [0.25, 0.3) is 11.1 Å². The van der Waals surface area contributed by atoms with Gasteiger partial charge in [0, 0.05) is 36.8 Å². The average Bonchev–Trinajstić information content (AvgIpc) is 3.76. The van der Waals surface area contributed by atoms with Crippen molar-refractivity contribution in [1.82, 2.24) is 15.2 Å². The van der Waals surface area contributed by atoms with Crippen LogP contribution in [0.15, 0.2) is 77.6 Å². The summed E-state index contributed by atoms with van der Waals surface area (Å²) in [5, 5.41) is 15.3. The first kappa shape index (κ1) is 34.2. The van der Waals surface area contributed by atoms with Crippen LogP contribution < -0.4 is 22.6 Å². The molecular formula is C37H50N6O4. The minimum absolute atomic E-state index is 0.112. The summed E-state index contributed by atoms with van der Waals surface area (Å²) in [4.78, 5) is 38.2. The number of primary amides is 1. The number of nitrogens with one attached hydrogen (secondary N) is 1. The summed E-state index contributed by atoms with van der Waals surface area (Å²) in [7, 11) is 0. The van der Waals surface area contributed by atoms with Gasteiger partial charge in [-0.05, 0) is 86.0 Å². The van der Waals surface area contributed by atoms with Crippen molar-refractivity contribution in [2.24, 2.45) is 35.1 Å². The second-order valence-electron chi connectivity index (χ2n) is 13.9. The Morgan fingerprint density at radius 2 is 1.70 bits per heavy atom. The Morgan fingerprint density at radius 1 is 1.04 bits per heavy atom. The number of carbonyl (C=O) groups is 3. The molecule has 8 N–H and O–H groups in total. The molecular weight excluding hydrogens is 592 g/mol. The van der Waals surface area contributed by atoms with E-state index in [1.54, 1.807) is 11.1 Å². The van der Waals surface area contributed by atoms with E-state index in [0.717, 1.165) is 60.8 Å². The van der Waals surface area contributed by atoms with Crippen molar-refractivity contribution in [3.8, 4) is 11.1 Å². The highest BCUT2D eigenvalue weighted by Crippen LogP contribution is 2.46. The topological polar surface area (TPSA) is 168 Å². The highest BCUT2D eigenvalue weighted by Gasteiger charge is 2.46. The number of hydrogen-bond acceptors (Lipinski definition) is 7. The first-order valence-electron chi connectivity index (χ1n) is 16.9. The van der Waals surface area contributed by atoms with E-state index in [1.165, 1.54) is 10.6 Å². The SMILES string of the molecule is CC1CC2=C([C@@H](C(=O)N3C[C@H](O)C[C@H]3C(=O)N[C@@H](C)Cc3ccc(-c4ccccc4)cc3)N(N)/C=C(\N)C3CC3)CC(C2)C1.NC=O. The molecule has 2 saturated carbocycles. The molecule has 2 aromatic carbocycles. The fourth-order valence-corrected chi connectivity index (χ4v) is 7.66. The molecule has 10 heteroatoms. The van der Waals surface area contributed by atoms with E-state index in [-0.39, 0.29) is 37.2 Å². The zero-order valence-electron chi connectivity index (χ0n) is 27.6. The third kappa shape index (κ3) is 8.42. The predicted octanol–water partition coefficient (Wildman–Crippen LogP) is 3.36. The van der Waals surface area contributed by atoms with Crippen LogP contribution in [-0.4, -0.2) is 64.0 Å². The molecule has 1 heterocycles. The molecule has 3 fully saturated rings. The number of hydrogen-bond donors (Lipinski definition) is 5. The van der Waals surface area contributed by atoms with Crippen LogP contribution in [0, 0.1) is 17.8 Å². The molecule has 6 atom stereocenters. The predicted molar refractivity (Wildman–Crippen MR) is 183 cm³/mol. The Kier molecular flexibility index (Phi) is 11.0. The number of carbonyl (C=O) groups excluding carboxylic acids is 3. The third-order valence-electron chi connectivity index (χ3n) is 9.89. The van der Waals surface area contributed by atoms with Crippen LogP contribution in [0.5, 0.6) is 0 Å². The van der Waals surface area contributed by atoms with Gasteiger partial charge in [-0.3, -0.25) is 19.4 Å². The Labute approximate surface area is 278 Å². The Bertz CT molecular complexity index is 1470. The Hall–Kier alpha value is -4.15. The largest absolute Gasteiger partial charge is 0.401 e. The average molecular weight is 643 g/mol. The Balaban J connectivity index is 0.00000139. The lowest BCUT2D eigenvalue weighted by atomic mass is 9.84. The smallest absolute Gasteiger partial charge is 0.251 e. The van der Waals surface area contributed by atoms with Gasteiger partial charge in [0.1, 0.15) is 12.1 Å². The summed E-state index contributed by atoms with van der Waals surface area (Å²) in [5.74, 6) is 7.62.